The summed E-state index contributed by atoms with van der Waals surface area (Å²) < 4.78 is 8.53. The average molecular weight is 487 g/mol. The molecule has 178 valence electrons. The summed E-state index contributed by atoms with van der Waals surface area (Å²) >= 11 is 0. The fraction of sp³-hybridized carbons (Fsp3) is 0. The molecule has 3 heteroatoms. The summed E-state index contributed by atoms with van der Waals surface area (Å²) in [4.78, 5) is 5.02. The lowest BCUT2D eigenvalue weighted by Crippen LogP contribution is -1.98. The first-order valence-corrected chi connectivity index (χ1v) is 12.8. The van der Waals surface area contributed by atoms with Crippen LogP contribution in [0.5, 0.6) is 11.5 Å². The zero-order chi connectivity index (χ0) is 25.1. The Kier molecular flexibility index (Phi) is 4.52. The number of nitrogens with zero attached hydrogens (tertiary/aromatic N) is 2. The van der Waals surface area contributed by atoms with Gasteiger partial charge in [-0.25, -0.2) is 4.98 Å². The van der Waals surface area contributed by atoms with Crippen LogP contribution in [0, 0.1) is 0 Å². The predicted molar refractivity (Wildman–Crippen MR) is 155 cm³/mol. The van der Waals surface area contributed by atoms with Gasteiger partial charge in [0.15, 0.2) is 0 Å². The smallest absolute Gasteiger partial charge is 0.145 e. The van der Waals surface area contributed by atoms with Gasteiger partial charge < -0.3 is 4.74 Å². The molecule has 0 aliphatic carbocycles. The maximum Gasteiger partial charge on any atom is 0.145 e. The second-order valence-electron chi connectivity index (χ2n) is 9.61. The van der Waals surface area contributed by atoms with Crippen LogP contribution in [0.2, 0.25) is 0 Å². The standard InChI is InChI=1S/C35H22N2O/c1-2-9-25(10-3-1)37-31-15-6-5-14-30(31)36-35(37)24-19-17-23(18-20-24)26-21-22-33-34-28(26)12-8-13-29(34)27-11-4-7-16-32(27)38-33/h1-22H. The Morgan fingerprint density at radius 2 is 1.24 bits per heavy atom. The SMILES string of the molecule is c1ccc(-n2c(-c3ccc(-c4ccc5c6c(cccc46)-c4ccccc4O5)cc3)nc3ccccc32)cc1. The van der Waals surface area contributed by atoms with Crippen LogP contribution < -0.4 is 4.74 Å². The Balaban J connectivity index is 1.27. The van der Waals surface area contributed by atoms with Gasteiger partial charge in [-0.2, -0.15) is 0 Å². The van der Waals surface area contributed by atoms with E-state index in [4.69, 9.17) is 9.72 Å². The minimum absolute atomic E-state index is 0.908. The maximum atomic E-state index is 6.29. The second kappa shape index (κ2) is 8.19. The van der Waals surface area contributed by atoms with Crippen molar-refractivity contribution in [2.45, 2.75) is 0 Å². The summed E-state index contributed by atoms with van der Waals surface area (Å²) in [6.07, 6.45) is 0. The fourth-order valence-electron chi connectivity index (χ4n) is 5.69. The van der Waals surface area contributed by atoms with Crippen molar-refractivity contribution in [2.75, 3.05) is 0 Å². The lowest BCUT2D eigenvalue weighted by molar-refractivity contribution is 0.487. The van der Waals surface area contributed by atoms with Gasteiger partial charge in [-0.3, -0.25) is 4.57 Å². The molecule has 0 fully saturated rings. The van der Waals surface area contributed by atoms with Crippen LogP contribution in [0.3, 0.4) is 0 Å². The van der Waals surface area contributed by atoms with Crippen molar-refractivity contribution in [1.29, 1.82) is 0 Å². The first-order valence-electron chi connectivity index (χ1n) is 12.8. The van der Waals surface area contributed by atoms with Crippen LogP contribution in [-0.2, 0) is 0 Å². The van der Waals surface area contributed by atoms with E-state index in [1.807, 2.05) is 24.3 Å². The van der Waals surface area contributed by atoms with Crippen LogP contribution in [0.4, 0.5) is 0 Å². The average Bonchev–Trinajstić information content (AvgIpc) is 3.38. The first-order chi connectivity index (χ1) is 18.8. The van der Waals surface area contributed by atoms with Crippen molar-refractivity contribution in [3.8, 4) is 50.8 Å². The van der Waals surface area contributed by atoms with E-state index in [0.29, 0.717) is 0 Å². The van der Waals surface area contributed by atoms with Crippen molar-refractivity contribution in [3.05, 3.63) is 133 Å². The van der Waals surface area contributed by atoms with E-state index >= 15 is 0 Å². The molecule has 0 radical (unpaired) electrons. The number of fused-ring (bicyclic) bond motifs is 3. The van der Waals surface area contributed by atoms with E-state index in [0.717, 1.165) is 45.2 Å². The number of hydrogen-bond acceptors (Lipinski definition) is 2. The molecule has 3 nitrogen and oxygen atoms in total. The highest BCUT2D eigenvalue weighted by atomic mass is 16.5. The minimum Gasteiger partial charge on any atom is -0.456 e. The Morgan fingerprint density at radius 3 is 2.13 bits per heavy atom. The van der Waals surface area contributed by atoms with E-state index < -0.39 is 0 Å². The lowest BCUT2D eigenvalue weighted by atomic mass is 9.90. The predicted octanol–water partition coefficient (Wildman–Crippen LogP) is 9.29. The van der Waals surface area contributed by atoms with Gasteiger partial charge in [0.25, 0.3) is 0 Å². The molecule has 0 saturated heterocycles. The van der Waals surface area contributed by atoms with E-state index in [1.54, 1.807) is 0 Å². The van der Waals surface area contributed by atoms with Gasteiger partial charge in [0, 0.05) is 22.2 Å². The molecule has 0 bridgehead atoms. The van der Waals surface area contributed by atoms with Crippen molar-refractivity contribution < 1.29 is 4.74 Å². The highest BCUT2D eigenvalue weighted by molar-refractivity contribution is 6.09. The number of ether oxygens (including phenoxy) is 1. The molecule has 0 saturated carbocycles. The van der Waals surface area contributed by atoms with Gasteiger partial charge in [0.05, 0.1) is 11.0 Å². The van der Waals surface area contributed by atoms with Crippen molar-refractivity contribution in [2.24, 2.45) is 0 Å². The van der Waals surface area contributed by atoms with E-state index in [1.165, 1.54) is 27.5 Å². The quantitative estimate of drug-likeness (QED) is 0.249. The van der Waals surface area contributed by atoms with Crippen molar-refractivity contribution in [3.63, 3.8) is 0 Å². The molecule has 0 spiro atoms. The second-order valence-corrected chi connectivity index (χ2v) is 9.61. The van der Waals surface area contributed by atoms with E-state index in [2.05, 4.69) is 114 Å². The van der Waals surface area contributed by atoms with Crippen LogP contribution in [0.25, 0.3) is 61.1 Å². The molecular formula is C35H22N2O. The third-order valence-corrected chi connectivity index (χ3v) is 7.43. The molecule has 0 N–H and O–H groups in total. The fourth-order valence-corrected chi connectivity index (χ4v) is 5.69. The molecule has 0 atom stereocenters. The Morgan fingerprint density at radius 1 is 0.500 bits per heavy atom. The lowest BCUT2D eigenvalue weighted by Gasteiger charge is -2.22. The summed E-state index contributed by atoms with van der Waals surface area (Å²) in [5.41, 5.74) is 8.97. The number of aromatic nitrogens is 2. The third kappa shape index (κ3) is 3.12. The van der Waals surface area contributed by atoms with Gasteiger partial charge >= 0.3 is 0 Å². The normalized spacial score (nSPS) is 11.9. The maximum absolute atomic E-state index is 6.29. The monoisotopic (exact) mass is 486 g/mol. The molecule has 2 heterocycles. The van der Waals surface area contributed by atoms with Gasteiger partial charge in [-0.05, 0) is 58.5 Å². The Labute approximate surface area is 220 Å². The molecule has 1 aliphatic rings. The van der Waals surface area contributed by atoms with Gasteiger partial charge in [-0.1, -0.05) is 97.1 Å². The third-order valence-electron chi connectivity index (χ3n) is 7.43. The minimum atomic E-state index is 0.908. The van der Waals surface area contributed by atoms with Crippen LogP contribution >= 0.6 is 0 Å². The zero-order valence-electron chi connectivity index (χ0n) is 20.5. The number of hydrogen-bond donors (Lipinski definition) is 0. The first kappa shape index (κ1) is 21.0. The molecule has 0 unspecified atom stereocenters. The summed E-state index contributed by atoms with van der Waals surface area (Å²) in [5, 5.41) is 2.36. The van der Waals surface area contributed by atoms with Gasteiger partial charge in [-0.15, -0.1) is 0 Å². The molecule has 0 amide bonds. The highest BCUT2D eigenvalue weighted by Crippen LogP contribution is 2.48. The summed E-state index contributed by atoms with van der Waals surface area (Å²) in [6, 6.07) is 46.5. The number of rotatable bonds is 3. The summed E-state index contributed by atoms with van der Waals surface area (Å²) in [7, 11) is 0. The molecule has 7 aromatic rings. The van der Waals surface area contributed by atoms with Crippen LogP contribution in [0.15, 0.2) is 133 Å². The Hall–Kier alpha value is -5.15. The van der Waals surface area contributed by atoms with Crippen LogP contribution in [0.1, 0.15) is 0 Å². The molecule has 1 aliphatic heterocycles. The van der Waals surface area contributed by atoms with Crippen molar-refractivity contribution >= 4 is 21.8 Å². The number of benzene rings is 6. The molecule has 8 rings (SSSR count). The topological polar surface area (TPSA) is 27.1 Å². The van der Waals surface area contributed by atoms with Crippen LogP contribution in [-0.4, -0.2) is 9.55 Å². The Bertz CT molecular complexity index is 1990. The van der Waals surface area contributed by atoms with E-state index in [9.17, 15) is 0 Å². The van der Waals surface area contributed by atoms with E-state index in [-0.39, 0.29) is 0 Å². The largest absolute Gasteiger partial charge is 0.456 e. The number of imidazole rings is 1. The number of para-hydroxylation sites is 4. The molecule has 6 aromatic carbocycles. The van der Waals surface area contributed by atoms with Gasteiger partial charge in [0.2, 0.25) is 0 Å². The molecular weight excluding hydrogens is 464 g/mol. The summed E-state index contributed by atoms with van der Waals surface area (Å²) in [5.74, 6) is 2.75. The van der Waals surface area contributed by atoms with Crippen molar-refractivity contribution in [1.82, 2.24) is 9.55 Å². The molecule has 38 heavy (non-hydrogen) atoms. The zero-order valence-corrected chi connectivity index (χ0v) is 20.5. The summed E-state index contributed by atoms with van der Waals surface area (Å²) in [6.45, 7) is 0. The molecule has 1 aromatic heterocycles. The highest BCUT2D eigenvalue weighted by Gasteiger charge is 2.21. The van der Waals surface area contributed by atoms with Gasteiger partial charge in [0.1, 0.15) is 17.3 Å².